The quantitative estimate of drug-likeness (QED) is 0.724. The molecule has 1 aromatic carbocycles. The van der Waals surface area contributed by atoms with Gasteiger partial charge in [0, 0.05) is 0 Å². The van der Waals surface area contributed by atoms with Crippen molar-refractivity contribution in [1.82, 2.24) is 0 Å². The van der Waals surface area contributed by atoms with Crippen molar-refractivity contribution < 1.29 is 0 Å². The molecular weight excluding hydrogens is 268 g/mol. The molecule has 2 nitrogen and oxygen atoms in total. The minimum absolute atomic E-state index is 0.463. The van der Waals surface area contributed by atoms with Crippen LogP contribution in [0.3, 0.4) is 0 Å². The Morgan fingerprint density at radius 1 is 0.955 bits per heavy atom. The van der Waals surface area contributed by atoms with Crippen LogP contribution in [0, 0.1) is 28.6 Å². The third-order valence-corrected chi connectivity index (χ3v) is 5.05. The Labute approximate surface area is 134 Å². The molecule has 2 rings (SSSR count). The molecule has 0 heterocycles. The van der Waals surface area contributed by atoms with Gasteiger partial charge >= 0.3 is 0 Å². The van der Waals surface area contributed by atoms with Crippen molar-refractivity contribution in [3.05, 3.63) is 34.4 Å². The first kappa shape index (κ1) is 16.6. The Balaban J connectivity index is 2.26. The Kier molecular flexibility index (Phi) is 6.02. The van der Waals surface area contributed by atoms with Gasteiger partial charge in [-0.05, 0) is 55.1 Å². The lowest BCUT2D eigenvalue weighted by molar-refractivity contribution is 0.308. The van der Waals surface area contributed by atoms with Crippen LogP contribution in [-0.2, 0) is 6.42 Å². The van der Waals surface area contributed by atoms with Gasteiger partial charge in [0.1, 0.15) is 12.1 Å². The molecule has 22 heavy (non-hydrogen) atoms. The van der Waals surface area contributed by atoms with Gasteiger partial charge in [-0.1, -0.05) is 45.2 Å². The maximum atomic E-state index is 9.59. The molecule has 0 saturated heterocycles. The fraction of sp³-hybridized carbons (Fsp3) is 0.600. The van der Waals surface area contributed by atoms with Crippen LogP contribution in [-0.4, -0.2) is 0 Å². The Morgan fingerprint density at radius 2 is 1.64 bits per heavy atom. The zero-order chi connectivity index (χ0) is 15.9. The van der Waals surface area contributed by atoms with Gasteiger partial charge in [0.25, 0.3) is 0 Å². The number of hydrogen-bond donors (Lipinski definition) is 0. The van der Waals surface area contributed by atoms with Gasteiger partial charge in [-0.3, -0.25) is 0 Å². The zero-order valence-electron chi connectivity index (χ0n) is 13.9. The molecular formula is C20H26N2. The van der Waals surface area contributed by atoms with E-state index in [4.69, 9.17) is 0 Å². The first-order valence-corrected chi connectivity index (χ1v) is 8.71. The van der Waals surface area contributed by atoms with E-state index in [1.54, 1.807) is 0 Å². The van der Waals surface area contributed by atoms with Crippen LogP contribution in [0.25, 0.3) is 0 Å². The van der Waals surface area contributed by atoms with Crippen molar-refractivity contribution in [2.75, 3.05) is 0 Å². The largest absolute Gasteiger partial charge is 0.192 e. The van der Waals surface area contributed by atoms with Crippen molar-refractivity contribution >= 4 is 0 Å². The predicted octanol–water partition coefficient (Wildman–Crippen LogP) is 5.46. The van der Waals surface area contributed by atoms with Crippen LogP contribution in [0.4, 0.5) is 0 Å². The number of rotatable bonds is 5. The summed E-state index contributed by atoms with van der Waals surface area (Å²) in [4.78, 5) is 0. The zero-order valence-corrected chi connectivity index (χ0v) is 13.9. The van der Waals surface area contributed by atoms with Crippen LogP contribution < -0.4 is 0 Å². The maximum Gasteiger partial charge on any atom is 0.101 e. The molecule has 0 aromatic heterocycles. The summed E-state index contributed by atoms with van der Waals surface area (Å²) in [5.74, 6) is 1.33. The summed E-state index contributed by atoms with van der Waals surface area (Å²) in [6.45, 7) is 4.36. The lowest BCUT2D eigenvalue weighted by atomic mass is 9.75. The molecule has 1 aromatic rings. The third kappa shape index (κ3) is 3.50. The topological polar surface area (TPSA) is 47.6 Å². The number of hydrogen-bond acceptors (Lipinski definition) is 2. The lowest BCUT2D eigenvalue weighted by Gasteiger charge is -2.29. The summed E-state index contributed by atoms with van der Waals surface area (Å²) in [6.07, 6.45) is 9.33. The SMILES string of the molecule is CCCc1ccc(C2CCC(CCC)CC2)c(C#N)c1C#N. The number of benzene rings is 1. The van der Waals surface area contributed by atoms with Crippen molar-refractivity contribution in [3.8, 4) is 12.1 Å². The van der Waals surface area contributed by atoms with Gasteiger partial charge in [0.05, 0.1) is 11.1 Å². The molecule has 0 amide bonds. The van der Waals surface area contributed by atoms with E-state index in [0.29, 0.717) is 17.0 Å². The summed E-state index contributed by atoms with van der Waals surface area (Å²) in [5.41, 5.74) is 3.42. The minimum atomic E-state index is 0.463. The molecule has 0 atom stereocenters. The highest BCUT2D eigenvalue weighted by molar-refractivity contribution is 5.55. The maximum absolute atomic E-state index is 9.59. The average molecular weight is 294 g/mol. The van der Waals surface area contributed by atoms with Crippen LogP contribution in [0.5, 0.6) is 0 Å². The number of nitrogens with zero attached hydrogens (tertiary/aromatic N) is 2. The van der Waals surface area contributed by atoms with E-state index in [1.165, 1.54) is 25.7 Å². The molecule has 1 aliphatic rings. The van der Waals surface area contributed by atoms with Crippen molar-refractivity contribution in [3.63, 3.8) is 0 Å². The van der Waals surface area contributed by atoms with Gasteiger partial charge in [0.2, 0.25) is 0 Å². The molecule has 0 spiro atoms. The summed E-state index contributed by atoms with van der Waals surface area (Å²) in [7, 11) is 0. The number of nitriles is 2. The third-order valence-electron chi connectivity index (χ3n) is 5.05. The molecule has 1 saturated carbocycles. The van der Waals surface area contributed by atoms with Gasteiger partial charge < -0.3 is 0 Å². The molecule has 1 fully saturated rings. The van der Waals surface area contributed by atoms with Gasteiger partial charge in [-0.15, -0.1) is 0 Å². The van der Waals surface area contributed by atoms with E-state index in [9.17, 15) is 10.5 Å². The molecule has 116 valence electrons. The molecule has 0 radical (unpaired) electrons. The Hall–Kier alpha value is -1.80. The molecule has 1 aliphatic carbocycles. The summed E-state index contributed by atoms with van der Waals surface area (Å²) in [5, 5.41) is 19.1. The standard InChI is InChI=1S/C20H26N2/c1-3-5-15-7-9-17(10-8-15)18-12-11-16(6-4-2)19(13-21)20(18)14-22/h11-12,15,17H,3-10H2,1-2H3. The molecule has 2 heteroatoms. The molecule has 0 N–H and O–H groups in total. The molecule has 0 unspecified atom stereocenters. The van der Waals surface area contributed by atoms with E-state index < -0.39 is 0 Å². The van der Waals surface area contributed by atoms with Gasteiger partial charge in [-0.2, -0.15) is 10.5 Å². The second kappa shape index (κ2) is 8.00. The molecule has 0 bridgehead atoms. The van der Waals surface area contributed by atoms with Crippen LogP contribution >= 0.6 is 0 Å². The van der Waals surface area contributed by atoms with E-state index >= 15 is 0 Å². The lowest BCUT2D eigenvalue weighted by Crippen LogP contribution is -2.15. The summed E-state index contributed by atoms with van der Waals surface area (Å²) >= 11 is 0. The fourth-order valence-electron chi connectivity index (χ4n) is 3.90. The van der Waals surface area contributed by atoms with Gasteiger partial charge in [0.15, 0.2) is 0 Å². The highest BCUT2D eigenvalue weighted by Gasteiger charge is 2.25. The fourth-order valence-corrected chi connectivity index (χ4v) is 3.90. The first-order valence-electron chi connectivity index (χ1n) is 8.71. The normalized spacial score (nSPS) is 21.1. The highest BCUT2D eigenvalue weighted by atomic mass is 14.3. The van der Waals surface area contributed by atoms with Crippen molar-refractivity contribution in [2.24, 2.45) is 5.92 Å². The van der Waals surface area contributed by atoms with Crippen LogP contribution in [0.15, 0.2) is 12.1 Å². The van der Waals surface area contributed by atoms with Crippen LogP contribution in [0.2, 0.25) is 0 Å². The van der Waals surface area contributed by atoms with E-state index in [0.717, 1.165) is 42.7 Å². The second-order valence-electron chi connectivity index (χ2n) is 6.54. The summed E-state index contributed by atoms with van der Waals surface area (Å²) < 4.78 is 0. The Bertz CT molecular complexity index is 581. The monoisotopic (exact) mass is 294 g/mol. The minimum Gasteiger partial charge on any atom is -0.192 e. The average Bonchev–Trinajstić information content (AvgIpc) is 2.55. The smallest absolute Gasteiger partial charge is 0.101 e. The summed E-state index contributed by atoms with van der Waals surface area (Å²) in [6, 6.07) is 8.81. The predicted molar refractivity (Wildman–Crippen MR) is 89.5 cm³/mol. The van der Waals surface area contributed by atoms with Gasteiger partial charge in [-0.25, -0.2) is 0 Å². The molecule has 0 aliphatic heterocycles. The Morgan fingerprint density at radius 3 is 2.18 bits per heavy atom. The van der Waals surface area contributed by atoms with Crippen LogP contribution in [0.1, 0.15) is 87.0 Å². The van der Waals surface area contributed by atoms with E-state index in [1.807, 2.05) is 0 Å². The highest BCUT2D eigenvalue weighted by Crippen LogP contribution is 2.39. The number of aryl methyl sites for hydroxylation is 1. The van der Waals surface area contributed by atoms with Crippen molar-refractivity contribution in [1.29, 1.82) is 10.5 Å². The van der Waals surface area contributed by atoms with Crippen molar-refractivity contribution in [2.45, 2.75) is 71.1 Å². The van der Waals surface area contributed by atoms with E-state index in [-0.39, 0.29) is 0 Å². The van der Waals surface area contributed by atoms with E-state index in [2.05, 4.69) is 38.1 Å². The second-order valence-corrected chi connectivity index (χ2v) is 6.54. The first-order chi connectivity index (χ1) is 10.7.